The number of Topliss-reactive ketones (excluding diaryl/α,β-unsaturated/α-hetero) is 1. The molecule has 2 unspecified atom stereocenters. The van der Waals surface area contributed by atoms with Gasteiger partial charge in [0.2, 0.25) is 0 Å². The Morgan fingerprint density at radius 3 is 2.17 bits per heavy atom. The number of ether oxygens (including phenoxy) is 1. The third kappa shape index (κ3) is 7.86. The molecule has 2 heteroatoms. The van der Waals surface area contributed by atoms with Gasteiger partial charge in [0.25, 0.3) is 0 Å². The van der Waals surface area contributed by atoms with Gasteiger partial charge < -0.3 is 4.74 Å². The SMILES string of the molecule is CCCCC(CC)CC(=O)C(CCCC)COC. The van der Waals surface area contributed by atoms with E-state index in [9.17, 15) is 4.79 Å². The van der Waals surface area contributed by atoms with Gasteiger partial charge in [0.05, 0.1) is 6.61 Å². The van der Waals surface area contributed by atoms with Gasteiger partial charge in [0.15, 0.2) is 0 Å². The van der Waals surface area contributed by atoms with E-state index in [1.807, 2.05) is 0 Å². The van der Waals surface area contributed by atoms with E-state index in [0.717, 1.165) is 32.1 Å². The molecule has 0 saturated carbocycles. The summed E-state index contributed by atoms with van der Waals surface area (Å²) in [6.45, 7) is 7.18. The third-order valence-electron chi connectivity index (χ3n) is 3.76. The van der Waals surface area contributed by atoms with E-state index in [2.05, 4.69) is 20.8 Å². The van der Waals surface area contributed by atoms with Crippen LogP contribution in [0.1, 0.15) is 72.1 Å². The zero-order chi connectivity index (χ0) is 13.8. The highest BCUT2D eigenvalue weighted by molar-refractivity contribution is 5.81. The molecule has 0 rings (SSSR count). The fraction of sp³-hybridized carbons (Fsp3) is 0.938. The summed E-state index contributed by atoms with van der Waals surface area (Å²) < 4.78 is 5.20. The molecule has 0 amide bonds. The second-order valence-corrected chi connectivity index (χ2v) is 5.38. The van der Waals surface area contributed by atoms with Crippen molar-refractivity contribution in [2.24, 2.45) is 11.8 Å². The number of rotatable bonds is 12. The first kappa shape index (κ1) is 17.6. The zero-order valence-electron chi connectivity index (χ0n) is 12.8. The molecule has 18 heavy (non-hydrogen) atoms. The molecular weight excluding hydrogens is 224 g/mol. The Bertz CT molecular complexity index is 201. The number of ketones is 1. The van der Waals surface area contributed by atoms with E-state index >= 15 is 0 Å². The Morgan fingerprint density at radius 2 is 1.67 bits per heavy atom. The summed E-state index contributed by atoms with van der Waals surface area (Å²) in [5, 5.41) is 0. The Hall–Kier alpha value is -0.370. The van der Waals surface area contributed by atoms with Gasteiger partial charge in [-0.25, -0.2) is 0 Å². The van der Waals surface area contributed by atoms with Gasteiger partial charge in [-0.3, -0.25) is 4.79 Å². The topological polar surface area (TPSA) is 26.3 Å². The smallest absolute Gasteiger partial charge is 0.138 e. The molecule has 0 aliphatic carbocycles. The first-order chi connectivity index (χ1) is 8.69. The van der Waals surface area contributed by atoms with Crippen LogP contribution in [0.25, 0.3) is 0 Å². The van der Waals surface area contributed by atoms with Crippen molar-refractivity contribution in [3.8, 4) is 0 Å². The Balaban J connectivity index is 4.18. The van der Waals surface area contributed by atoms with Crippen LogP contribution in [0.15, 0.2) is 0 Å². The van der Waals surface area contributed by atoms with Crippen LogP contribution in [-0.4, -0.2) is 19.5 Å². The lowest BCUT2D eigenvalue weighted by molar-refractivity contribution is -0.125. The maximum absolute atomic E-state index is 12.3. The minimum Gasteiger partial charge on any atom is -0.384 e. The van der Waals surface area contributed by atoms with Gasteiger partial charge >= 0.3 is 0 Å². The first-order valence-corrected chi connectivity index (χ1v) is 7.71. The standard InChI is InChI=1S/C16H32O2/c1-5-8-10-14(7-3)12-16(17)15(13-18-4)11-9-6-2/h14-15H,5-13H2,1-4H3. The third-order valence-corrected chi connectivity index (χ3v) is 3.76. The van der Waals surface area contributed by atoms with E-state index < -0.39 is 0 Å². The van der Waals surface area contributed by atoms with E-state index in [4.69, 9.17) is 4.74 Å². The molecular formula is C16H32O2. The van der Waals surface area contributed by atoms with Crippen LogP contribution in [0, 0.1) is 11.8 Å². The van der Waals surface area contributed by atoms with Gasteiger partial charge in [0, 0.05) is 19.4 Å². The Morgan fingerprint density at radius 1 is 1.06 bits per heavy atom. The summed E-state index contributed by atoms with van der Waals surface area (Å²) in [4.78, 5) is 12.3. The highest BCUT2D eigenvalue weighted by atomic mass is 16.5. The number of hydrogen-bond donors (Lipinski definition) is 0. The number of carbonyl (C=O) groups excluding carboxylic acids is 1. The van der Waals surface area contributed by atoms with Crippen LogP contribution in [-0.2, 0) is 9.53 Å². The molecule has 0 N–H and O–H groups in total. The fourth-order valence-corrected chi connectivity index (χ4v) is 2.38. The van der Waals surface area contributed by atoms with E-state index in [-0.39, 0.29) is 5.92 Å². The van der Waals surface area contributed by atoms with Crippen molar-refractivity contribution >= 4 is 5.78 Å². The fourth-order valence-electron chi connectivity index (χ4n) is 2.38. The largest absolute Gasteiger partial charge is 0.384 e. The van der Waals surface area contributed by atoms with Crippen molar-refractivity contribution < 1.29 is 9.53 Å². The van der Waals surface area contributed by atoms with Crippen molar-refractivity contribution in [1.29, 1.82) is 0 Å². The number of hydrogen-bond acceptors (Lipinski definition) is 2. The molecule has 0 saturated heterocycles. The summed E-state index contributed by atoms with van der Waals surface area (Å²) in [7, 11) is 1.70. The van der Waals surface area contributed by atoms with E-state index in [0.29, 0.717) is 18.3 Å². The lowest BCUT2D eigenvalue weighted by Crippen LogP contribution is -2.22. The number of unbranched alkanes of at least 4 members (excludes halogenated alkanes) is 2. The second-order valence-electron chi connectivity index (χ2n) is 5.38. The summed E-state index contributed by atoms with van der Waals surface area (Å²) in [6.07, 6.45) is 8.83. The molecule has 2 atom stereocenters. The van der Waals surface area contributed by atoms with Crippen LogP contribution in [0.3, 0.4) is 0 Å². The molecule has 0 fully saturated rings. The quantitative estimate of drug-likeness (QED) is 0.509. The molecule has 0 aliphatic heterocycles. The van der Waals surface area contributed by atoms with Crippen LogP contribution in [0.4, 0.5) is 0 Å². The van der Waals surface area contributed by atoms with Crippen molar-refractivity contribution in [2.75, 3.05) is 13.7 Å². The number of methoxy groups -OCH3 is 1. The number of carbonyl (C=O) groups is 1. The molecule has 0 heterocycles. The average Bonchev–Trinajstić information content (AvgIpc) is 2.39. The Labute approximate surface area is 113 Å². The average molecular weight is 256 g/mol. The molecule has 0 radical (unpaired) electrons. The van der Waals surface area contributed by atoms with Crippen LogP contribution >= 0.6 is 0 Å². The van der Waals surface area contributed by atoms with Gasteiger partial charge in [-0.1, -0.05) is 59.3 Å². The molecule has 0 bridgehead atoms. The molecule has 108 valence electrons. The summed E-state index contributed by atoms with van der Waals surface area (Å²) in [6, 6.07) is 0. The van der Waals surface area contributed by atoms with Crippen molar-refractivity contribution in [2.45, 2.75) is 72.1 Å². The second kappa shape index (κ2) is 11.7. The monoisotopic (exact) mass is 256 g/mol. The molecule has 0 aromatic carbocycles. The molecule has 0 spiro atoms. The van der Waals surface area contributed by atoms with Crippen molar-refractivity contribution in [1.82, 2.24) is 0 Å². The predicted octanol–water partition coefficient (Wildman–Crippen LogP) is 4.61. The zero-order valence-corrected chi connectivity index (χ0v) is 12.8. The maximum Gasteiger partial charge on any atom is 0.138 e. The van der Waals surface area contributed by atoms with Crippen LogP contribution < -0.4 is 0 Å². The van der Waals surface area contributed by atoms with Gasteiger partial charge in [0.1, 0.15) is 5.78 Å². The molecule has 2 nitrogen and oxygen atoms in total. The summed E-state index contributed by atoms with van der Waals surface area (Å²) >= 11 is 0. The predicted molar refractivity (Wildman–Crippen MR) is 77.8 cm³/mol. The first-order valence-electron chi connectivity index (χ1n) is 7.71. The van der Waals surface area contributed by atoms with E-state index in [1.165, 1.54) is 19.3 Å². The molecule has 0 aromatic heterocycles. The maximum atomic E-state index is 12.3. The van der Waals surface area contributed by atoms with Gasteiger partial charge in [-0.15, -0.1) is 0 Å². The van der Waals surface area contributed by atoms with E-state index in [1.54, 1.807) is 7.11 Å². The normalized spacial score (nSPS) is 14.4. The van der Waals surface area contributed by atoms with Gasteiger partial charge in [-0.2, -0.15) is 0 Å². The van der Waals surface area contributed by atoms with Crippen molar-refractivity contribution in [3.63, 3.8) is 0 Å². The van der Waals surface area contributed by atoms with Crippen LogP contribution in [0.2, 0.25) is 0 Å². The summed E-state index contributed by atoms with van der Waals surface area (Å²) in [5.41, 5.74) is 0. The van der Waals surface area contributed by atoms with Crippen LogP contribution in [0.5, 0.6) is 0 Å². The minimum absolute atomic E-state index is 0.130. The molecule has 0 aliphatic rings. The Kier molecular flexibility index (Phi) is 11.5. The lowest BCUT2D eigenvalue weighted by Gasteiger charge is -2.19. The minimum atomic E-state index is 0.130. The highest BCUT2D eigenvalue weighted by Crippen LogP contribution is 2.21. The van der Waals surface area contributed by atoms with Crippen molar-refractivity contribution in [3.05, 3.63) is 0 Å². The molecule has 0 aromatic rings. The summed E-state index contributed by atoms with van der Waals surface area (Å²) in [5.74, 6) is 1.14. The highest BCUT2D eigenvalue weighted by Gasteiger charge is 2.20. The van der Waals surface area contributed by atoms with Gasteiger partial charge in [-0.05, 0) is 12.3 Å². The lowest BCUT2D eigenvalue weighted by atomic mass is 9.87.